The van der Waals surface area contributed by atoms with E-state index in [0.29, 0.717) is 5.75 Å². The highest BCUT2D eigenvalue weighted by atomic mass is 32.2. The van der Waals surface area contributed by atoms with Crippen LogP contribution in [0, 0.1) is 0 Å². The van der Waals surface area contributed by atoms with Gasteiger partial charge in [0.2, 0.25) is 0 Å². The van der Waals surface area contributed by atoms with Gasteiger partial charge in [-0.05, 0) is 11.4 Å². The summed E-state index contributed by atoms with van der Waals surface area (Å²) in [4.78, 5) is 24.8. The minimum atomic E-state index is -0.474. The molecular formula is C10H11NO3S2. The second kappa shape index (κ2) is 4.47. The number of carbonyl (C=O) groups excluding carboxylic acids is 2. The maximum atomic E-state index is 12.1. The lowest BCUT2D eigenvalue weighted by Gasteiger charge is -2.28. The summed E-state index contributed by atoms with van der Waals surface area (Å²) in [6.07, 6.45) is -0.474. The number of thiophene rings is 1. The van der Waals surface area contributed by atoms with Gasteiger partial charge in [0.05, 0.1) is 11.3 Å². The van der Waals surface area contributed by atoms with Crippen LogP contribution in [0.1, 0.15) is 10.4 Å². The number of methoxy groups -OCH3 is 1. The van der Waals surface area contributed by atoms with Gasteiger partial charge in [-0.1, -0.05) is 0 Å². The molecule has 16 heavy (non-hydrogen) atoms. The Labute approximate surface area is 102 Å². The quantitative estimate of drug-likeness (QED) is 0.773. The summed E-state index contributed by atoms with van der Waals surface area (Å²) in [5.74, 6) is 0.598. The number of hydrogen-bond donors (Lipinski definition) is 0. The van der Waals surface area contributed by atoms with E-state index in [9.17, 15) is 9.59 Å². The predicted molar refractivity (Wildman–Crippen MR) is 63.3 cm³/mol. The summed E-state index contributed by atoms with van der Waals surface area (Å²) in [5.41, 5.74) is 0.724. The molecule has 1 aromatic rings. The van der Waals surface area contributed by atoms with Crippen LogP contribution in [0.2, 0.25) is 0 Å². The third-order valence-corrected chi connectivity index (χ3v) is 4.81. The number of likely N-dealkylation sites (N-methyl/N-ethyl adjacent to an activating group) is 1. The highest BCUT2D eigenvalue weighted by Crippen LogP contribution is 2.35. The molecule has 1 aliphatic rings. The van der Waals surface area contributed by atoms with E-state index in [1.807, 2.05) is 11.4 Å². The van der Waals surface area contributed by atoms with Crippen molar-refractivity contribution in [1.82, 2.24) is 4.90 Å². The molecule has 1 amide bonds. The summed E-state index contributed by atoms with van der Waals surface area (Å²) in [5, 5.41) is 1.90. The average molecular weight is 257 g/mol. The molecule has 0 bridgehead atoms. The standard InChI is InChI=1S/C10H11NO3S2/c1-11(10(13)14-2)7-5-16-9-6(8(7)12)3-4-15-9/h3-4,7H,5H2,1-2H3. The third kappa shape index (κ3) is 1.82. The van der Waals surface area contributed by atoms with Crippen molar-refractivity contribution < 1.29 is 14.3 Å². The first-order chi connectivity index (χ1) is 7.65. The van der Waals surface area contributed by atoms with Gasteiger partial charge in [-0.25, -0.2) is 4.79 Å². The van der Waals surface area contributed by atoms with Crippen molar-refractivity contribution in [2.75, 3.05) is 19.9 Å². The Bertz CT molecular complexity index is 429. The van der Waals surface area contributed by atoms with E-state index in [-0.39, 0.29) is 5.78 Å². The van der Waals surface area contributed by atoms with Gasteiger partial charge < -0.3 is 9.64 Å². The lowest BCUT2D eigenvalue weighted by molar-refractivity contribution is 0.0814. The number of nitrogens with zero attached hydrogens (tertiary/aromatic N) is 1. The van der Waals surface area contributed by atoms with Crippen molar-refractivity contribution in [3.63, 3.8) is 0 Å². The highest BCUT2D eigenvalue weighted by molar-refractivity contribution is 8.01. The van der Waals surface area contributed by atoms with E-state index in [1.54, 1.807) is 30.1 Å². The Hall–Kier alpha value is -1.01. The van der Waals surface area contributed by atoms with Crippen LogP contribution in [0.3, 0.4) is 0 Å². The van der Waals surface area contributed by atoms with Crippen molar-refractivity contribution in [2.45, 2.75) is 10.3 Å². The molecule has 4 nitrogen and oxygen atoms in total. The van der Waals surface area contributed by atoms with E-state index in [0.717, 1.165) is 9.77 Å². The second-order valence-electron chi connectivity index (χ2n) is 3.39. The van der Waals surface area contributed by atoms with E-state index < -0.39 is 12.1 Å². The zero-order valence-electron chi connectivity index (χ0n) is 8.93. The molecule has 86 valence electrons. The molecule has 0 saturated carbocycles. The molecule has 2 heterocycles. The normalized spacial score (nSPS) is 19.1. The molecular weight excluding hydrogens is 246 g/mol. The van der Waals surface area contributed by atoms with Crippen LogP contribution < -0.4 is 0 Å². The Morgan fingerprint density at radius 2 is 2.38 bits per heavy atom. The van der Waals surface area contributed by atoms with E-state index in [1.165, 1.54) is 12.0 Å². The molecule has 0 N–H and O–H groups in total. The van der Waals surface area contributed by atoms with E-state index in [4.69, 9.17) is 0 Å². The first-order valence-corrected chi connectivity index (χ1v) is 6.57. The van der Waals surface area contributed by atoms with Gasteiger partial charge in [-0.2, -0.15) is 0 Å². The van der Waals surface area contributed by atoms with Gasteiger partial charge in [0, 0.05) is 18.4 Å². The van der Waals surface area contributed by atoms with Crippen LogP contribution in [-0.4, -0.2) is 42.7 Å². The van der Waals surface area contributed by atoms with Crippen LogP contribution in [0.5, 0.6) is 0 Å². The predicted octanol–water partition coefficient (Wildman–Crippen LogP) is 2.10. The molecule has 1 atom stereocenters. The van der Waals surface area contributed by atoms with E-state index in [2.05, 4.69) is 4.74 Å². The molecule has 0 aromatic carbocycles. The summed E-state index contributed by atoms with van der Waals surface area (Å²) in [6.45, 7) is 0. The molecule has 1 aromatic heterocycles. The molecule has 1 unspecified atom stereocenters. The first kappa shape index (κ1) is 11.5. The fourth-order valence-electron chi connectivity index (χ4n) is 1.56. The van der Waals surface area contributed by atoms with Crippen LogP contribution in [0.4, 0.5) is 4.79 Å². The number of amides is 1. The topological polar surface area (TPSA) is 46.6 Å². The van der Waals surface area contributed by atoms with Crippen molar-refractivity contribution in [3.8, 4) is 0 Å². The number of fused-ring (bicyclic) bond motifs is 1. The number of rotatable bonds is 1. The summed E-state index contributed by atoms with van der Waals surface area (Å²) in [6, 6.07) is 1.40. The van der Waals surface area contributed by atoms with Gasteiger partial charge in [0.25, 0.3) is 0 Å². The zero-order valence-corrected chi connectivity index (χ0v) is 10.6. The number of carbonyl (C=O) groups is 2. The maximum Gasteiger partial charge on any atom is 0.409 e. The van der Waals surface area contributed by atoms with Crippen LogP contribution in [-0.2, 0) is 4.74 Å². The summed E-state index contributed by atoms with van der Waals surface area (Å²) >= 11 is 3.18. The Kier molecular flexibility index (Phi) is 3.20. The molecule has 0 saturated heterocycles. The fraction of sp³-hybridized carbons (Fsp3) is 0.400. The Balaban J connectivity index is 2.22. The smallest absolute Gasteiger partial charge is 0.409 e. The lowest BCUT2D eigenvalue weighted by atomic mass is 10.1. The molecule has 6 heteroatoms. The minimum Gasteiger partial charge on any atom is -0.453 e. The number of ketones is 1. The van der Waals surface area contributed by atoms with Gasteiger partial charge in [0.15, 0.2) is 5.78 Å². The number of ether oxygens (including phenoxy) is 1. The van der Waals surface area contributed by atoms with Crippen molar-refractivity contribution in [3.05, 3.63) is 17.0 Å². The molecule has 1 aliphatic heterocycles. The largest absolute Gasteiger partial charge is 0.453 e. The monoisotopic (exact) mass is 257 g/mol. The minimum absolute atomic E-state index is 0.00269. The summed E-state index contributed by atoms with van der Waals surface area (Å²) in [7, 11) is 2.90. The van der Waals surface area contributed by atoms with Crippen LogP contribution in [0.25, 0.3) is 0 Å². The third-order valence-electron chi connectivity index (χ3n) is 2.50. The van der Waals surface area contributed by atoms with Gasteiger partial charge in [-0.3, -0.25) is 4.79 Å². The van der Waals surface area contributed by atoms with Crippen molar-refractivity contribution in [2.24, 2.45) is 0 Å². The highest BCUT2D eigenvalue weighted by Gasteiger charge is 2.34. The lowest BCUT2D eigenvalue weighted by Crippen LogP contribution is -2.45. The number of Topliss-reactive ketones (excluding diaryl/α,β-unsaturated/α-hetero) is 1. The van der Waals surface area contributed by atoms with Crippen LogP contribution in [0.15, 0.2) is 15.7 Å². The Morgan fingerprint density at radius 1 is 1.62 bits per heavy atom. The van der Waals surface area contributed by atoms with Gasteiger partial charge in [0.1, 0.15) is 6.04 Å². The fourth-order valence-corrected chi connectivity index (χ4v) is 3.83. The SMILES string of the molecule is COC(=O)N(C)C1CSc2sccc2C1=O. The molecule has 2 rings (SSSR count). The van der Waals surface area contributed by atoms with Crippen LogP contribution >= 0.6 is 23.1 Å². The van der Waals surface area contributed by atoms with Gasteiger partial charge in [-0.15, -0.1) is 23.1 Å². The molecule has 0 spiro atoms. The average Bonchev–Trinajstić information content (AvgIpc) is 2.76. The van der Waals surface area contributed by atoms with Crippen molar-refractivity contribution in [1.29, 1.82) is 0 Å². The number of hydrogen-bond acceptors (Lipinski definition) is 5. The number of thioether (sulfide) groups is 1. The molecule has 0 aliphatic carbocycles. The Morgan fingerprint density at radius 3 is 3.06 bits per heavy atom. The maximum absolute atomic E-state index is 12.1. The summed E-state index contributed by atoms with van der Waals surface area (Å²) < 4.78 is 5.65. The molecule has 0 radical (unpaired) electrons. The van der Waals surface area contributed by atoms with Gasteiger partial charge >= 0.3 is 6.09 Å². The van der Waals surface area contributed by atoms with Crippen molar-refractivity contribution >= 4 is 35.0 Å². The first-order valence-electron chi connectivity index (χ1n) is 4.70. The zero-order chi connectivity index (χ0) is 11.7. The van der Waals surface area contributed by atoms with E-state index >= 15 is 0 Å². The molecule has 0 fully saturated rings. The second-order valence-corrected chi connectivity index (χ2v) is 5.60.